The molecule has 2 saturated heterocycles. The largest absolute Gasteiger partial charge is 0.369 e. The van der Waals surface area contributed by atoms with E-state index in [2.05, 4.69) is 10.6 Å². The van der Waals surface area contributed by atoms with E-state index in [1.54, 1.807) is 0 Å². The van der Waals surface area contributed by atoms with Gasteiger partial charge in [0.25, 0.3) is 0 Å². The molecule has 5 amide bonds. The van der Waals surface area contributed by atoms with E-state index in [-0.39, 0.29) is 54.4 Å². The maximum Gasteiger partial charge on any atom is 0.246 e. The van der Waals surface area contributed by atoms with Crippen molar-refractivity contribution >= 4 is 29.5 Å². The van der Waals surface area contributed by atoms with Gasteiger partial charge in [-0.05, 0) is 55.8 Å². The lowest BCUT2D eigenvalue weighted by molar-refractivity contribution is -0.146. The minimum atomic E-state index is -1.01. The number of amides is 5. The highest BCUT2D eigenvalue weighted by Gasteiger charge is 2.83. The van der Waals surface area contributed by atoms with Gasteiger partial charge >= 0.3 is 0 Å². The van der Waals surface area contributed by atoms with Crippen LogP contribution in [0.2, 0.25) is 0 Å². The van der Waals surface area contributed by atoms with Crippen LogP contribution in [0.4, 0.5) is 0 Å². The first kappa shape index (κ1) is 23.1. The summed E-state index contributed by atoms with van der Waals surface area (Å²) in [5.74, 6) is -3.03. The number of nitrogens with one attached hydrogen (secondary N) is 2. The monoisotopic (exact) mass is 473 g/mol. The summed E-state index contributed by atoms with van der Waals surface area (Å²) in [7, 11) is 0. The van der Waals surface area contributed by atoms with Crippen molar-refractivity contribution in [1.82, 2.24) is 15.5 Å². The van der Waals surface area contributed by atoms with Gasteiger partial charge in [0.05, 0.1) is 0 Å². The predicted molar refractivity (Wildman–Crippen MR) is 120 cm³/mol. The molecule has 186 valence electrons. The maximum absolute atomic E-state index is 13.8. The first-order valence-electron chi connectivity index (χ1n) is 12.5. The fraction of sp³-hybridized carbons (Fsp3) is 0.792. The lowest BCUT2D eigenvalue weighted by Gasteiger charge is -2.39. The Morgan fingerprint density at radius 2 is 1.79 bits per heavy atom. The molecule has 3 unspecified atom stereocenters. The summed E-state index contributed by atoms with van der Waals surface area (Å²) in [5, 5.41) is 5.72. The molecule has 3 aliphatic carbocycles. The third kappa shape index (κ3) is 3.32. The zero-order valence-corrected chi connectivity index (χ0v) is 19.8. The van der Waals surface area contributed by atoms with E-state index in [1.807, 2.05) is 13.8 Å². The van der Waals surface area contributed by atoms with Crippen molar-refractivity contribution in [2.75, 3.05) is 13.1 Å². The Morgan fingerprint density at radius 1 is 1.12 bits per heavy atom. The summed E-state index contributed by atoms with van der Waals surface area (Å²) in [6.07, 6.45) is 4.19. The molecular formula is C24H35N5O5. The van der Waals surface area contributed by atoms with Crippen LogP contribution in [-0.4, -0.2) is 59.6 Å². The van der Waals surface area contributed by atoms with Crippen LogP contribution in [0.25, 0.3) is 0 Å². The van der Waals surface area contributed by atoms with Crippen LogP contribution in [0.5, 0.6) is 0 Å². The molecule has 0 spiro atoms. The van der Waals surface area contributed by atoms with Crippen LogP contribution in [0.15, 0.2) is 0 Å². The minimum absolute atomic E-state index is 0.0324. The number of rotatable bonds is 9. The SMILES string of the molecule is CC1(C)C2CN(C(=O)[C@@H](NC(=O)C3CC3)C3CC3)C(C(N)=O)C21[C@H](C[C@H]1CCNC1=O)C(N)=O. The minimum Gasteiger partial charge on any atom is -0.369 e. The molecule has 0 radical (unpaired) electrons. The van der Waals surface area contributed by atoms with Gasteiger partial charge in [-0.25, -0.2) is 0 Å². The summed E-state index contributed by atoms with van der Waals surface area (Å²) in [6, 6.07) is -1.69. The quantitative estimate of drug-likeness (QED) is 0.346. The number of likely N-dealkylation sites (tertiary alicyclic amines) is 1. The lowest BCUT2D eigenvalue weighted by atomic mass is 9.72. The van der Waals surface area contributed by atoms with Crippen LogP contribution < -0.4 is 22.1 Å². The van der Waals surface area contributed by atoms with Gasteiger partial charge < -0.3 is 27.0 Å². The van der Waals surface area contributed by atoms with Crippen LogP contribution in [0.3, 0.4) is 0 Å². The second-order valence-electron chi connectivity index (χ2n) is 11.6. The molecular weight excluding hydrogens is 438 g/mol. The Bertz CT molecular complexity index is 957. The zero-order chi connectivity index (χ0) is 24.6. The van der Waals surface area contributed by atoms with Crippen molar-refractivity contribution in [2.45, 2.75) is 64.5 Å². The van der Waals surface area contributed by atoms with Crippen molar-refractivity contribution in [3.8, 4) is 0 Å². The number of hydrogen-bond acceptors (Lipinski definition) is 5. The number of nitrogens with zero attached hydrogens (tertiary/aromatic N) is 1. The summed E-state index contributed by atoms with van der Waals surface area (Å²) >= 11 is 0. The molecule has 2 aliphatic heterocycles. The van der Waals surface area contributed by atoms with Crippen molar-refractivity contribution in [2.24, 2.45) is 51.9 Å². The maximum atomic E-state index is 13.8. The average Bonchev–Trinajstić information content (AvgIpc) is 3.70. The first-order valence-corrected chi connectivity index (χ1v) is 12.5. The molecule has 0 aromatic heterocycles. The van der Waals surface area contributed by atoms with E-state index in [1.165, 1.54) is 4.90 Å². The highest BCUT2D eigenvalue weighted by atomic mass is 16.2. The van der Waals surface area contributed by atoms with Gasteiger partial charge in [0.2, 0.25) is 29.5 Å². The van der Waals surface area contributed by atoms with Gasteiger partial charge in [-0.3, -0.25) is 24.0 Å². The second kappa shape index (κ2) is 7.68. The highest BCUT2D eigenvalue weighted by molar-refractivity contribution is 5.95. The molecule has 3 saturated carbocycles. The van der Waals surface area contributed by atoms with Crippen LogP contribution >= 0.6 is 0 Å². The number of nitrogens with two attached hydrogens (primary N) is 2. The summed E-state index contributed by atoms with van der Waals surface area (Å²) in [6.45, 7) is 4.78. The van der Waals surface area contributed by atoms with Gasteiger partial charge in [-0.1, -0.05) is 13.8 Å². The molecule has 0 bridgehead atoms. The highest BCUT2D eigenvalue weighted by Crippen LogP contribution is 2.78. The normalized spacial score (nSPS) is 35.2. The van der Waals surface area contributed by atoms with Gasteiger partial charge in [-0.2, -0.15) is 0 Å². The number of fused-ring (bicyclic) bond motifs is 1. The fourth-order valence-corrected chi connectivity index (χ4v) is 7.22. The summed E-state index contributed by atoms with van der Waals surface area (Å²) in [4.78, 5) is 65.7. The molecule has 10 nitrogen and oxygen atoms in total. The third-order valence-electron chi connectivity index (χ3n) is 9.38. The van der Waals surface area contributed by atoms with Crippen molar-refractivity contribution in [3.63, 3.8) is 0 Å². The van der Waals surface area contributed by atoms with Gasteiger partial charge in [0.15, 0.2) is 0 Å². The van der Waals surface area contributed by atoms with Gasteiger partial charge in [0.1, 0.15) is 12.1 Å². The van der Waals surface area contributed by atoms with Crippen LogP contribution in [0, 0.1) is 40.4 Å². The fourth-order valence-electron chi connectivity index (χ4n) is 7.22. The summed E-state index contributed by atoms with van der Waals surface area (Å²) in [5.41, 5.74) is 10.4. The zero-order valence-electron chi connectivity index (χ0n) is 19.8. The predicted octanol–water partition coefficient (Wildman–Crippen LogP) is -0.743. The van der Waals surface area contributed by atoms with Crippen molar-refractivity contribution in [3.05, 3.63) is 0 Å². The molecule has 5 aliphatic rings. The Hall–Kier alpha value is -2.65. The summed E-state index contributed by atoms with van der Waals surface area (Å²) < 4.78 is 0. The molecule has 6 atom stereocenters. The molecule has 34 heavy (non-hydrogen) atoms. The van der Waals surface area contributed by atoms with Crippen LogP contribution in [0.1, 0.15) is 52.4 Å². The number of carbonyl (C=O) groups excluding carboxylic acids is 5. The third-order valence-corrected chi connectivity index (χ3v) is 9.38. The average molecular weight is 474 g/mol. The molecule has 10 heteroatoms. The standard InChI is InChI=1S/C24H35N5O5/c1-23(2)15-10-29(22(34)16(11-3-4-11)28-21(33)12-5-6-12)17(19(26)31)24(15,23)14(18(25)30)9-13-7-8-27-20(13)32/h11-17H,3-10H2,1-2H3,(H2,25,30)(H2,26,31)(H,27,32)(H,28,33)/t13-,14-,15?,16+,17?,24?/m1/s1. The van der Waals surface area contributed by atoms with Crippen LogP contribution in [-0.2, 0) is 24.0 Å². The van der Waals surface area contributed by atoms with Gasteiger partial charge in [0, 0.05) is 36.3 Å². The molecule has 0 aromatic carbocycles. The van der Waals surface area contributed by atoms with E-state index in [4.69, 9.17) is 11.5 Å². The van der Waals surface area contributed by atoms with Crippen molar-refractivity contribution < 1.29 is 24.0 Å². The lowest BCUT2D eigenvalue weighted by Crippen LogP contribution is -2.59. The second-order valence-corrected chi connectivity index (χ2v) is 11.6. The van der Waals surface area contributed by atoms with E-state index in [0.29, 0.717) is 13.0 Å². The van der Waals surface area contributed by atoms with E-state index in [0.717, 1.165) is 25.7 Å². The van der Waals surface area contributed by atoms with E-state index < -0.39 is 40.6 Å². The number of piperidine rings is 1. The number of hydrogen-bond donors (Lipinski definition) is 4. The molecule has 6 N–H and O–H groups in total. The first-order chi connectivity index (χ1) is 16.0. The Morgan fingerprint density at radius 3 is 2.29 bits per heavy atom. The Kier molecular flexibility index (Phi) is 5.22. The Labute approximate surface area is 198 Å². The number of primary amides is 2. The molecule has 0 aromatic rings. The van der Waals surface area contributed by atoms with Gasteiger partial charge in [-0.15, -0.1) is 0 Å². The smallest absolute Gasteiger partial charge is 0.246 e. The van der Waals surface area contributed by atoms with E-state index >= 15 is 0 Å². The molecule has 5 rings (SSSR count). The van der Waals surface area contributed by atoms with Crippen molar-refractivity contribution in [1.29, 1.82) is 0 Å². The Balaban J connectivity index is 1.45. The van der Waals surface area contributed by atoms with E-state index in [9.17, 15) is 24.0 Å². The topological polar surface area (TPSA) is 165 Å². The molecule has 2 heterocycles. The molecule has 5 fully saturated rings. The number of carbonyl (C=O) groups is 5.